The van der Waals surface area contributed by atoms with Crippen LogP contribution in [-0.4, -0.2) is 42.5 Å². The standard InChI is InChI=1S/C24H28BrN3O4/c1-3-28(4-2)18-13-11-17(12-14-18)16-21(24(32)26-15-7-10-22(29)30)27-23(31)19-8-5-6-9-20(19)25/h5-6,8-9,11-14,16H,3-4,7,10,15H2,1-2H3,(H,26,32)(H,27,31)(H,29,30). The third-order valence-electron chi connectivity index (χ3n) is 4.80. The molecule has 2 aromatic carbocycles. The Bertz CT molecular complexity index is 969. The number of halogens is 1. The number of nitrogens with zero attached hydrogens (tertiary/aromatic N) is 1. The van der Waals surface area contributed by atoms with Crippen LogP contribution in [0.2, 0.25) is 0 Å². The first kappa shape index (κ1) is 25.1. The maximum Gasteiger partial charge on any atom is 0.303 e. The van der Waals surface area contributed by atoms with Crippen molar-refractivity contribution >= 4 is 45.5 Å². The first-order valence-corrected chi connectivity index (χ1v) is 11.3. The molecule has 0 spiro atoms. The number of hydrogen-bond donors (Lipinski definition) is 3. The van der Waals surface area contributed by atoms with Gasteiger partial charge in [-0.25, -0.2) is 0 Å². The quantitative estimate of drug-likeness (QED) is 0.318. The van der Waals surface area contributed by atoms with Crippen molar-refractivity contribution in [1.29, 1.82) is 0 Å². The van der Waals surface area contributed by atoms with Gasteiger partial charge in [-0.2, -0.15) is 0 Å². The largest absolute Gasteiger partial charge is 0.481 e. The van der Waals surface area contributed by atoms with Gasteiger partial charge in [-0.15, -0.1) is 0 Å². The van der Waals surface area contributed by atoms with E-state index in [-0.39, 0.29) is 18.7 Å². The summed E-state index contributed by atoms with van der Waals surface area (Å²) in [6.45, 7) is 6.13. The van der Waals surface area contributed by atoms with E-state index >= 15 is 0 Å². The van der Waals surface area contributed by atoms with E-state index in [1.807, 2.05) is 24.3 Å². The van der Waals surface area contributed by atoms with Gasteiger partial charge < -0.3 is 20.6 Å². The fourth-order valence-corrected chi connectivity index (χ4v) is 3.53. The highest BCUT2D eigenvalue weighted by Crippen LogP contribution is 2.18. The smallest absolute Gasteiger partial charge is 0.303 e. The third-order valence-corrected chi connectivity index (χ3v) is 5.49. The van der Waals surface area contributed by atoms with E-state index in [0.29, 0.717) is 16.5 Å². The van der Waals surface area contributed by atoms with Crippen molar-refractivity contribution in [1.82, 2.24) is 10.6 Å². The van der Waals surface area contributed by atoms with Crippen molar-refractivity contribution in [2.75, 3.05) is 24.5 Å². The molecule has 2 rings (SSSR count). The Labute approximate surface area is 196 Å². The molecule has 0 radical (unpaired) electrons. The Balaban J connectivity index is 2.24. The van der Waals surface area contributed by atoms with Gasteiger partial charge in [0.05, 0.1) is 5.56 Å². The lowest BCUT2D eigenvalue weighted by Crippen LogP contribution is -2.35. The molecule has 0 aliphatic heterocycles. The summed E-state index contributed by atoms with van der Waals surface area (Å²) < 4.78 is 0.613. The summed E-state index contributed by atoms with van der Waals surface area (Å²) in [5.74, 6) is -1.83. The second-order valence-corrected chi connectivity index (χ2v) is 7.86. The Kier molecular flexibility index (Phi) is 9.94. The predicted molar refractivity (Wildman–Crippen MR) is 129 cm³/mol. The number of rotatable bonds is 11. The minimum atomic E-state index is -0.925. The van der Waals surface area contributed by atoms with Crippen molar-refractivity contribution in [3.8, 4) is 0 Å². The summed E-state index contributed by atoms with van der Waals surface area (Å²) in [7, 11) is 0. The first-order valence-electron chi connectivity index (χ1n) is 10.5. The van der Waals surface area contributed by atoms with Gasteiger partial charge in [0.25, 0.3) is 11.8 Å². The number of aliphatic carboxylic acids is 1. The number of carboxylic acids is 1. The van der Waals surface area contributed by atoms with Crippen LogP contribution in [0.4, 0.5) is 5.69 Å². The van der Waals surface area contributed by atoms with Gasteiger partial charge in [-0.1, -0.05) is 24.3 Å². The van der Waals surface area contributed by atoms with E-state index in [0.717, 1.165) is 24.3 Å². The van der Waals surface area contributed by atoms with Crippen molar-refractivity contribution in [2.24, 2.45) is 0 Å². The Hall–Kier alpha value is -3.13. The molecule has 0 fully saturated rings. The molecule has 7 nitrogen and oxygen atoms in total. The Morgan fingerprint density at radius 2 is 1.69 bits per heavy atom. The molecule has 3 N–H and O–H groups in total. The van der Waals surface area contributed by atoms with E-state index in [1.165, 1.54) is 0 Å². The number of carbonyl (C=O) groups excluding carboxylic acids is 2. The van der Waals surface area contributed by atoms with Crippen LogP contribution in [0.5, 0.6) is 0 Å². The number of amides is 2. The van der Waals surface area contributed by atoms with E-state index < -0.39 is 17.8 Å². The Morgan fingerprint density at radius 3 is 2.28 bits per heavy atom. The van der Waals surface area contributed by atoms with Gasteiger partial charge in [0.1, 0.15) is 5.70 Å². The molecule has 0 aromatic heterocycles. The number of carbonyl (C=O) groups is 3. The maximum atomic E-state index is 12.8. The summed E-state index contributed by atoms with van der Waals surface area (Å²) >= 11 is 3.35. The number of benzene rings is 2. The molecule has 0 saturated heterocycles. The van der Waals surface area contributed by atoms with Crippen molar-refractivity contribution in [3.63, 3.8) is 0 Å². The van der Waals surface area contributed by atoms with Crippen LogP contribution in [0.15, 0.2) is 58.7 Å². The molecule has 170 valence electrons. The van der Waals surface area contributed by atoms with Crippen LogP contribution >= 0.6 is 15.9 Å². The van der Waals surface area contributed by atoms with Crippen LogP contribution in [0, 0.1) is 0 Å². The lowest BCUT2D eigenvalue weighted by atomic mass is 10.1. The fraction of sp³-hybridized carbons (Fsp3) is 0.292. The van der Waals surface area contributed by atoms with Crippen LogP contribution < -0.4 is 15.5 Å². The average Bonchev–Trinajstić information content (AvgIpc) is 2.78. The molecule has 32 heavy (non-hydrogen) atoms. The van der Waals surface area contributed by atoms with Crippen LogP contribution in [0.25, 0.3) is 6.08 Å². The van der Waals surface area contributed by atoms with Gasteiger partial charge in [-0.05, 0) is 72.1 Å². The van der Waals surface area contributed by atoms with Gasteiger partial charge in [0.15, 0.2) is 0 Å². The molecule has 8 heteroatoms. The zero-order valence-electron chi connectivity index (χ0n) is 18.2. The number of anilines is 1. The van der Waals surface area contributed by atoms with Gasteiger partial charge in [0, 0.05) is 36.2 Å². The molecule has 0 saturated carbocycles. The molecule has 2 amide bonds. The average molecular weight is 502 g/mol. The zero-order chi connectivity index (χ0) is 23.5. The van der Waals surface area contributed by atoms with Gasteiger partial charge >= 0.3 is 5.97 Å². The van der Waals surface area contributed by atoms with Crippen LogP contribution in [-0.2, 0) is 9.59 Å². The zero-order valence-corrected chi connectivity index (χ0v) is 19.8. The van der Waals surface area contributed by atoms with E-state index in [2.05, 4.69) is 45.3 Å². The normalized spacial score (nSPS) is 11.0. The number of carboxylic acid groups (broad SMARTS) is 1. The van der Waals surface area contributed by atoms with Crippen LogP contribution in [0.1, 0.15) is 42.6 Å². The van der Waals surface area contributed by atoms with E-state index in [9.17, 15) is 14.4 Å². The molecule has 0 aliphatic rings. The van der Waals surface area contributed by atoms with Crippen molar-refractivity contribution in [2.45, 2.75) is 26.7 Å². The SMILES string of the molecule is CCN(CC)c1ccc(C=C(NC(=O)c2ccccc2Br)C(=O)NCCCC(=O)O)cc1. The first-order chi connectivity index (χ1) is 15.3. The van der Waals surface area contributed by atoms with Crippen LogP contribution in [0.3, 0.4) is 0 Å². The summed E-state index contributed by atoms with van der Waals surface area (Å²) in [5, 5.41) is 14.1. The predicted octanol–water partition coefficient (Wildman–Crippen LogP) is 4.05. The molecule has 0 atom stereocenters. The monoisotopic (exact) mass is 501 g/mol. The lowest BCUT2D eigenvalue weighted by molar-refractivity contribution is -0.137. The highest BCUT2D eigenvalue weighted by molar-refractivity contribution is 9.10. The summed E-state index contributed by atoms with van der Waals surface area (Å²) in [6.07, 6.45) is 1.86. The molecule has 0 unspecified atom stereocenters. The summed E-state index contributed by atoms with van der Waals surface area (Å²) in [4.78, 5) is 38.4. The molecule has 2 aromatic rings. The van der Waals surface area contributed by atoms with Gasteiger partial charge in [-0.3, -0.25) is 14.4 Å². The summed E-state index contributed by atoms with van der Waals surface area (Å²) in [6, 6.07) is 14.6. The second kappa shape index (κ2) is 12.7. The second-order valence-electron chi connectivity index (χ2n) is 7.01. The highest BCUT2D eigenvalue weighted by Gasteiger charge is 2.16. The van der Waals surface area contributed by atoms with E-state index in [4.69, 9.17) is 5.11 Å². The molecule has 0 heterocycles. The minimum absolute atomic E-state index is 0.0462. The number of hydrogen-bond acceptors (Lipinski definition) is 4. The molecular weight excluding hydrogens is 474 g/mol. The van der Waals surface area contributed by atoms with Gasteiger partial charge in [0.2, 0.25) is 0 Å². The fourth-order valence-electron chi connectivity index (χ4n) is 3.07. The number of nitrogens with one attached hydrogen (secondary N) is 2. The minimum Gasteiger partial charge on any atom is -0.481 e. The highest BCUT2D eigenvalue weighted by atomic mass is 79.9. The lowest BCUT2D eigenvalue weighted by Gasteiger charge is -2.21. The third kappa shape index (κ3) is 7.53. The Morgan fingerprint density at radius 1 is 1.03 bits per heavy atom. The van der Waals surface area contributed by atoms with E-state index in [1.54, 1.807) is 30.3 Å². The summed E-state index contributed by atoms with van der Waals surface area (Å²) in [5.41, 5.74) is 2.30. The molecule has 0 aliphatic carbocycles. The maximum absolute atomic E-state index is 12.8. The van der Waals surface area contributed by atoms with Crippen molar-refractivity contribution < 1.29 is 19.5 Å². The topological polar surface area (TPSA) is 98.7 Å². The van der Waals surface area contributed by atoms with Crippen molar-refractivity contribution in [3.05, 3.63) is 69.8 Å². The molecule has 0 bridgehead atoms. The molecular formula is C24H28BrN3O4.